The van der Waals surface area contributed by atoms with Gasteiger partial charge in [-0.3, -0.25) is 5.10 Å². The fourth-order valence-corrected chi connectivity index (χ4v) is 2.84. The molecule has 0 saturated carbocycles. The fraction of sp³-hybridized carbons (Fsp3) is 0.0667. The van der Waals surface area contributed by atoms with Crippen molar-refractivity contribution in [3.05, 3.63) is 60.4 Å². The molecule has 0 aliphatic carbocycles. The summed E-state index contributed by atoms with van der Waals surface area (Å²) in [5.74, 6) is 0.757. The van der Waals surface area contributed by atoms with E-state index in [9.17, 15) is 8.42 Å². The number of nitrogens with one attached hydrogen (secondary N) is 1. The maximum absolute atomic E-state index is 12.3. The molecule has 1 aromatic heterocycles. The Balaban J connectivity index is 1.89. The summed E-state index contributed by atoms with van der Waals surface area (Å²) >= 11 is 0. The zero-order valence-electron chi connectivity index (χ0n) is 11.7. The van der Waals surface area contributed by atoms with E-state index in [-0.39, 0.29) is 10.6 Å². The van der Waals surface area contributed by atoms with E-state index in [0.29, 0.717) is 11.4 Å². The van der Waals surface area contributed by atoms with Crippen LogP contribution in [0.4, 0.5) is 0 Å². The summed E-state index contributed by atoms with van der Waals surface area (Å²) in [6.45, 7) is 1.89. The standard InChI is InChI=1S/C15H13N3O3S/c1-11-5-7-14(8-6-11)22(19,20)21-13-4-2-3-12(9-13)15-16-10-17-18-15/h2-10H,1H3,(H,16,17,18). The molecule has 7 heteroatoms. The molecule has 0 aliphatic heterocycles. The number of aryl methyl sites for hydroxylation is 1. The second-order valence-electron chi connectivity index (χ2n) is 4.71. The van der Waals surface area contributed by atoms with E-state index in [1.807, 2.05) is 6.92 Å². The predicted octanol–water partition coefficient (Wildman–Crippen LogP) is 2.55. The van der Waals surface area contributed by atoms with Gasteiger partial charge in [0.2, 0.25) is 0 Å². The number of aromatic amines is 1. The van der Waals surface area contributed by atoms with Crippen molar-refractivity contribution in [2.75, 3.05) is 0 Å². The molecule has 0 unspecified atom stereocenters. The molecule has 1 N–H and O–H groups in total. The van der Waals surface area contributed by atoms with Crippen LogP contribution in [-0.2, 0) is 10.1 Å². The molecular weight excluding hydrogens is 302 g/mol. The minimum atomic E-state index is -3.86. The highest BCUT2D eigenvalue weighted by Crippen LogP contribution is 2.23. The smallest absolute Gasteiger partial charge is 0.339 e. The van der Waals surface area contributed by atoms with Gasteiger partial charge in [0.15, 0.2) is 5.82 Å². The summed E-state index contributed by atoms with van der Waals surface area (Å²) in [5, 5.41) is 6.48. The third-order valence-corrected chi connectivity index (χ3v) is 4.30. The molecule has 6 nitrogen and oxygen atoms in total. The lowest BCUT2D eigenvalue weighted by atomic mass is 10.2. The lowest BCUT2D eigenvalue weighted by molar-refractivity contribution is 0.486. The van der Waals surface area contributed by atoms with Crippen molar-refractivity contribution in [2.24, 2.45) is 0 Å². The van der Waals surface area contributed by atoms with Crippen LogP contribution in [0.1, 0.15) is 5.56 Å². The van der Waals surface area contributed by atoms with Gasteiger partial charge in [-0.2, -0.15) is 13.5 Å². The Bertz CT molecular complexity index is 873. The topological polar surface area (TPSA) is 84.9 Å². The van der Waals surface area contributed by atoms with Crippen LogP contribution in [0.2, 0.25) is 0 Å². The SMILES string of the molecule is Cc1ccc(S(=O)(=O)Oc2cccc(-c3ncn[nH]3)c2)cc1. The second kappa shape index (κ2) is 5.61. The number of nitrogens with zero attached hydrogens (tertiary/aromatic N) is 2. The lowest BCUT2D eigenvalue weighted by Crippen LogP contribution is -2.09. The predicted molar refractivity (Wildman–Crippen MR) is 80.8 cm³/mol. The van der Waals surface area contributed by atoms with Gasteiger partial charge < -0.3 is 4.18 Å². The average Bonchev–Trinajstić information content (AvgIpc) is 3.02. The molecular formula is C15H13N3O3S. The molecule has 3 rings (SSSR count). The molecule has 2 aromatic carbocycles. The van der Waals surface area contributed by atoms with Gasteiger partial charge >= 0.3 is 10.1 Å². The van der Waals surface area contributed by atoms with Gasteiger partial charge in [-0.05, 0) is 31.2 Å². The normalized spacial score (nSPS) is 11.3. The van der Waals surface area contributed by atoms with Crippen molar-refractivity contribution in [1.82, 2.24) is 15.2 Å². The van der Waals surface area contributed by atoms with Gasteiger partial charge in [0.05, 0.1) is 0 Å². The molecule has 22 heavy (non-hydrogen) atoms. The quantitative estimate of drug-likeness (QED) is 0.748. The van der Waals surface area contributed by atoms with Gasteiger partial charge in [-0.25, -0.2) is 4.98 Å². The van der Waals surface area contributed by atoms with Crippen molar-refractivity contribution in [2.45, 2.75) is 11.8 Å². The lowest BCUT2D eigenvalue weighted by Gasteiger charge is -2.08. The minimum Gasteiger partial charge on any atom is -0.379 e. The molecule has 0 fully saturated rings. The molecule has 1 heterocycles. The minimum absolute atomic E-state index is 0.114. The summed E-state index contributed by atoms with van der Waals surface area (Å²) in [6.07, 6.45) is 1.38. The third-order valence-electron chi connectivity index (χ3n) is 3.04. The second-order valence-corrected chi connectivity index (χ2v) is 6.26. The maximum Gasteiger partial charge on any atom is 0.339 e. The summed E-state index contributed by atoms with van der Waals surface area (Å²) < 4.78 is 29.7. The number of benzene rings is 2. The zero-order valence-corrected chi connectivity index (χ0v) is 12.5. The number of H-pyrrole nitrogens is 1. The molecule has 0 spiro atoms. The molecule has 0 radical (unpaired) electrons. The number of rotatable bonds is 4. The molecule has 0 amide bonds. The van der Waals surface area contributed by atoms with Crippen LogP contribution in [0.25, 0.3) is 11.4 Å². The first-order valence-electron chi connectivity index (χ1n) is 6.51. The number of hydrogen-bond donors (Lipinski definition) is 1. The Morgan fingerprint density at radius 3 is 2.55 bits per heavy atom. The van der Waals surface area contributed by atoms with Crippen molar-refractivity contribution in [1.29, 1.82) is 0 Å². The molecule has 0 atom stereocenters. The Morgan fingerprint density at radius 1 is 1.09 bits per heavy atom. The summed E-state index contributed by atoms with van der Waals surface area (Å²) in [5.41, 5.74) is 1.67. The fourth-order valence-electron chi connectivity index (χ4n) is 1.92. The van der Waals surface area contributed by atoms with E-state index in [0.717, 1.165) is 5.56 Å². The van der Waals surface area contributed by atoms with E-state index in [1.54, 1.807) is 36.4 Å². The van der Waals surface area contributed by atoms with Gasteiger partial charge in [-0.1, -0.05) is 29.8 Å². The van der Waals surface area contributed by atoms with E-state index < -0.39 is 10.1 Å². The van der Waals surface area contributed by atoms with E-state index in [2.05, 4.69) is 15.2 Å². The van der Waals surface area contributed by atoms with E-state index in [4.69, 9.17) is 4.18 Å². The molecule has 112 valence electrons. The van der Waals surface area contributed by atoms with Gasteiger partial charge in [0, 0.05) is 5.56 Å². The maximum atomic E-state index is 12.3. The average molecular weight is 315 g/mol. The molecule has 0 aliphatic rings. The molecule has 0 bridgehead atoms. The molecule has 3 aromatic rings. The van der Waals surface area contributed by atoms with Crippen LogP contribution in [0.3, 0.4) is 0 Å². The van der Waals surface area contributed by atoms with Gasteiger partial charge in [-0.15, -0.1) is 0 Å². The first-order valence-corrected chi connectivity index (χ1v) is 7.92. The Labute approximate surface area is 127 Å². The number of aromatic nitrogens is 3. The molecule has 0 saturated heterocycles. The highest BCUT2D eigenvalue weighted by atomic mass is 32.2. The first kappa shape index (κ1) is 14.3. The first-order chi connectivity index (χ1) is 10.5. The highest BCUT2D eigenvalue weighted by Gasteiger charge is 2.16. The van der Waals surface area contributed by atoms with Crippen LogP contribution >= 0.6 is 0 Å². The van der Waals surface area contributed by atoms with Crippen LogP contribution in [0.5, 0.6) is 5.75 Å². The Kier molecular flexibility index (Phi) is 3.64. The van der Waals surface area contributed by atoms with Crippen LogP contribution in [0, 0.1) is 6.92 Å². The van der Waals surface area contributed by atoms with Crippen LogP contribution in [0.15, 0.2) is 59.8 Å². The largest absolute Gasteiger partial charge is 0.379 e. The summed E-state index contributed by atoms with van der Waals surface area (Å²) in [7, 11) is -3.86. The van der Waals surface area contributed by atoms with Crippen molar-refractivity contribution < 1.29 is 12.6 Å². The summed E-state index contributed by atoms with van der Waals surface area (Å²) in [6, 6.07) is 13.1. The zero-order chi connectivity index (χ0) is 15.6. The third kappa shape index (κ3) is 2.99. The Morgan fingerprint density at radius 2 is 1.86 bits per heavy atom. The van der Waals surface area contributed by atoms with Crippen LogP contribution in [-0.4, -0.2) is 23.6 Å². The monoisotopic (exact) mass is 315 g/mol. The number of hydrogen-bond acceptors (Lipinski definition) is 5. The highest BCUT2D eigenvalue weighted by molar-refractivity contribution is 7.87. The van der Waals surface area contributed by atoms with Crippen molar-refractivity contribution >= 4 is 10.1 Å². The van der Waals surface area contributed by atoms with E-state index in [1.165, 1.54) is 18.5 Å². The summed E-state index contributed by atoms with van der Waals surface area (Å²) in [4.78, 5) is 4.13. The van der Waals surface area contributed by atoms with E-state index >= 15 is 0 Å². The van der Waals surface area contributed by atoms with Crippen molar-refractivity contribution in [3.8, 4) is 17.1 Å². The van der Waals surface area contributed by atoms with Gasteiger partial charge in [0.25, 0.3) is 0 Å². The Hall–Kier alpha value is -2.67. The van der Waals surface area contributed by atoms with Crippen molar-refractivity contribution in [3.63, 3.8) is 0 Å². The van der Waals surface area contributed by atoms with Gasteiger partial charge in [0.1, 0.15) is 17.0 Å². The van der Waals surface area contributed by atoms with Crippen LogP contribution < -0.4 is 4.18 Å².